The molecular weight excluding hydrogens is 374 g/mol. The van der Waals surface area contributed by atoms with Crippen LogP contribution in [0, 0.1) is 5.92 Å². The molecule has 2 fully saturated rings. The summed E-state index contributed by atoms with van der Waals surface area (Å²) >= 11 is 0. The van der Waals surface area contributed by atoms with Gasteiger partial charge in [0.1, 0.15) is 0 Å². The van der Waals surface area contributed by atoms with Crippen LogP contribution >= 0.6 is 0 Å². The molecule has 0 aromatic heterocycles. The molecule has 1 unspecified atom stereocenters. The first-order valence-corrected chi connectivity index (χ1v) is 11.1. The minimum atomic E-state index is -0.212. The lowest BCUT2D eigenvalue weighted by Gasteiger charge is -2.32. The molecule has 158 valence electrons. The van der Waals surface area contributed by atoms with Crippen LogP contribution in [-0.4, -0.2) is 53.8 Å². The van der Waals surface area contributed by atoms with Crippen molar-refractivity contribution >= 4 is 11.8 Å². The summed E-state index contributed by atoms with van der Waals surface area (Å²) in [5.74, 6) is -0.0635. The van der Waals surface area contributed by atoms with Crippen LogP contribution in [-0.2, 0) is 22.6 Å². The fourth-order valence-electron chi connectivity index (χ4n) is 4.47. The Bertz CT molecular complexity index is 832. The van der Waals surface area contributed by atoms with E-state index in [2.05, 4.69) is 46.6 Å². The molecule has 1 atom stereocenters. The Hall–Kier alpha value is -2.66. The van der Waals surface area contributed by atoms with Gasteiger partial charge in [-0.15, -0.1) is 0 Å². The van der Waals surface area contributed by atoms with E-state index >= 15 is 0 Å². The Morgan fingerprint density at radius 1 is 0.933 bits per heavy atom. The van der Waals surface area contributed by atoms with E-state index in [4.69, 9.17) is 0 Å². The third kappa shape index (κ3) is 5.48. The lowest BCUT2D eigenvalue weighted by Crippen LogP contribution is -2.46. The van der Waals surface area contributed by atoms with Crippen LogP contribution in [0.15, 0.2) is 60.7 Å². The molecule has 2 heterocycles. The number of hydrogen-bond acceptors (Lipinski definition) is 3. The van der Waals surface area contributed by atoms with E-state index in [9.17, 15) is 9.59 Å². The average Bonchev–Trinajstić information content (AvgIpc) is 3.16. The molecule has 2 aromatic carbocycles. The molecule has 2 aliphatic rings. The van der Waals surface area contributed by atoms with Crippen molar-refractivity contribution in [1.29, 1.82) is 0 Å². The zero-order valence-corrected chi connectivity index (χ0v) is 17.5. The Morgan fingerprint density at radius 2 is 1.57 bits per heavy atom. The van der Waals surface area contributed by atoms with E-state index < -0.39 is 0 Å². The number of hydrogen-bond donors (Lipinski definition) is 1. The van der Waals surface area contributed by atoms with Gasteiger partial charge in [0.05, 0.1) is 5.92 Å². The smallest absolute Gasteiger partial charge is 0.225 e. The van der Waals surface area contributed by atoms with Crippen molar-refractivity contribution in [2.75, 3.05) is 26.2 Å². The highest BCUT2D eigenvalue weighted by molar-refractivity contribution is 5.89. The molecule has 30 heavy (non-hydrogen) atoms. The maximum Gasteiger partial charge on any atom is 0.225 e. The normalized spacial score (nSPS) is 20.5. The summed E-state index contributed by atoms with van der Waals surface area (Å²) in [6.07, 6.45) is 3.11. The molecule has 0 radical (unpaired) electrons. The molecule has 0 saturated carbocycles. The topological polar surface area (TPSA) is 52.7 Å². The zero-order chi connectivity index (χ0) is 20.8. The number of carbonyl (C=O) groups is 2. The van der Waals surface area contributed by atoms with E-state index in [1.807, 2.05) is 29.2 Å². The minimum Gasteiger partial charge on any atom is -0.353 e. The van der Waals surface area contributed by atoms with Crippen LogP contribution < -0.4 is 5.32 Å². The first-order valence-electron chi connectivity index (χ1n) is 11.1. The highest BCUT2D eigenvalue weighted by atomic mass is 16.2. The number of benzene rings is 2. The summed E-state index contributed by atoms with van der Waals surface area (Å²) in [7, 11) is 0. The second-order valence-corrected chi connectivity index (χ2v) is 8.52. The van der Waals surface area contributed by atoms with Crippen molar-refractivity contribution in [3.63, 3.8) is 0 Å². The molecule has 2 aliphatic heterocycles. The van der Waals surface area contributed by atoms with Gasteiger partial charge in [-0.2, -0.15) is 0 Å². The first kappa shape index (κ1) is 20.6. The van der Waals surface area contributed by atoms with Crippen LogP contribution in [0.25, 0.3) is 0 Å². The Morgan fingerprint density at radius 3 is 2.23 bits per heavy atom. The zero-order valence-electron chi connectivity index (χ0n) is 17.5. The van der Waals surface area contributed by atoms with Gasteiger partial charge in [-0.3, -0.25) is 14.5 Å². The number of amides is 2. The Labute approximate surface area is 179 Å². The number of likely N-dealkylation sites (tertiary alicyclic amines) is 2. The van der Waals surface area contributed by atoms with Gasteiger partial charge in [0.25, 0.3) is 0 Å². The summed E-state index contributed by atoms with van der Waals surface area (Å²) in [6.45, 7) is 4.18. The molecule has 5 heteroatoms. The summed E-state index contributed by atoms with van der Waals surface area (Å²) in [6, 6.07) is 20.9. The predicted octanol–water partition coefficient (Wildman–Crippen LogP) is 2.86. The predicted molar refractivity (Wildman–Crippen MR) is 118 cm³/mol. The highest BCUT2D eigenvalue weighted by Gasteiger charge is 2.35. The van der Waals surface area contributed by atoms with Crippen molar-refractivity contribution in [3.05, 3.63) is 71.8 Å². The quantitative estimate of drug-likeness (QED) is 0.771. The van der Waals surface area contributed by atoms with E-state index in [1.54, 1.807) is 0 Å². The maximum absolute atomic E-state index is 12.7. The fourth-order valence-corrected chi connectivity index (χ4v) is 4.47. The van der Waals surface area contributed by atoms with Gasteiger partial charge in [0.15, 0.2) is 0 Å². The molecule has 2 amide bonds. The lowest BCUT2D eigenvalue weighted by atomic mass is 10.0. The largest absolute Gasteiger partial charge is 0.353 e. The minimum absolute atomic E-state index is 0.0482. The van der Waals surface area contributed by atoms with Crippen LogP contribution in [0.5, 0.6) is 0 Å². The van der Waals surface area contributed by atoms with Gasteiger partial charge in [-0.05, 0) is 30.4 Å². The third-order valence-electron chi connectivity index (χ3n) is 6.28. The Balaban J connectivity index is 1.19. The third-order valence-corrected chi connectivity index (χ3v) is 6.28. The molecule has 1 N–H and O–H groups in total. The van der Waals surface area contributed by atoms with Gasteiger partial charge < -0.3 is 10.2 Å². The van der Waals surface area contributed by atoms with Crippen molar-refractivity contribution in [3.8, 4) is 0 Å². The van der Waals surface area contributed by atoms with E-state index in [0.29, 0.717) is 19.5 Å². The number of carbonyl (C=O) groups excluding carboxylic acids is 2. The van der Waals surface area contributed by atoms with Gasteiger partial charge >= 0.3 is 0 Å². The van der Waals surface area contributed by atoms with E-state index in [0.717, 1.165) is 38.9 Å². The number of nitrogens with one attached hydrogen (secondary N) is 1. The highest BCUT2D eigenvalue weighted by Crippen LogP contribution is 2.20. The fraction of sp³-hybridized carbons (Fsp3) is 0.440. The number of rotatable bonds is 7. The summed E-state index contributed by atoms with van der Waals surface area (Å²) in [5, 5.41) is 3.22. The molecular formula is C25H31N3O2. The van der Waals surface area contributed by atoms with Crippen LogP contribution in [0.3, 0.4) is 0 Å². The monoisotopic (exact) mass is 405 g/mol. The SMILES string of the molecule is O=C(NC1CCN(Cc2ccccc2)CC1)C1CC(=O)N(CCc2ccccc2)C1. The van der Waals surface area contributed by atoms with Gasteiger partial charge in [0.2, 0.25) is 11.8 Å². The van der Waals surface area contributed by atoms with Gasteiger partial charge in [-0.25, -0.2) is 0 Å². The number of nitrogens with zero attached hydrogens (tertiary/aromatic N) is 2. The molecule has 5 nitrogen and oxygen atoms in total. The summed E-state index contributed by atoms with van der Waals surface area (Å²) in [4.78, 5) is 29.4. The van der Waals surface area contributed by atoms with Gasteiger partial charge in [0, 0.05) is 45.2 Å². The second kappa shape index (κ2) is 9.90. The molecule has 4 rings (SSSR count). The molecule has 2 aromatic rings. The average molecular weight is 406 g/mol. The first-order chi connectivity index (χ1) is 14.7. The molecule has 0 spiro atoms. The van der Waals surface area contributed by atoms with Crippen molar-refractivity contribution in [2.24, 2.45) is 5.92 Å². The maximum atomic E-state index is 12.7. The van der Waals surface area contributed by atoms with Crippen LogP contribution in [0.4, 0.5) is 0 Å². The summed E-state index contributed by atoms with van der Waals surface area (Å²) in [5.41, 5.74) is 2.56. The molecule has 0 aliphatic carbocycles. The van der Waals surface area contributed by atoms with Crippen molar-refractivity contribution in [2.45, 2.75) is 38.3 Å². The van der Waals surface area contributed by atoms with E-state index in [-0.39, 0.29) is 23.8 Å². The molecule has 2 saturated heterocycles. The van der Waals surface area contributed by atoms with Crippen molar-refractivity contribution in [1.82, 2.24) is 15.1 Å². The summed E-state index contributed by atoms with van der Waals surface area (Å²) < 4.78 is 0. The van der Waals surface area contributed by atoms with E-state index in [1.165, 1.54) is 11.1 Å². The number of piperidine rings is 1. The molecule has 0 bridgehead atoms. The lowest BCUT2D eigenvalue weighted by molar-refractivity contribution is -0.129. The standard InChI is InChI=1S/C25H31N3O2/c29-24-17-22(19-28(24)16-11-20-7-3-1-4-8-20)25(30)26-23-12-14-27(15-13-23)18-21-9-5-2-6-10-21/h1-10,22-23H,11-19H2,(H,26,30). The van der Waals surface area contributed by atoms with Gasteiger partial charge in [-0.1, -0.05) is 60.7 Å². The van der Waals surface area contributed by atoms with Crippen LogP contribution in [0.1, 0.15) is 30.4 Å². The van der Waals surface area contributed by atoms with Crippen LogP contribution in [0.2, 0.25) is 0 Å². The van der Waals surface area contributed by atoms with Crippen molar-refractivity contribution < 1.29 is 9.59 Å². The second-order valence-electron chi connectivity index (χ2n) is 8.52. The Kier molecular flexibility index (Phi) is 6.80.